The predicted molar refractivity (Wildman–Crippen MR) is 86.0 cm³/mol. The van der Waals surface area contributed by atoms with Crippen LogP contribution >= 0.6 is 11.6 Å². The van der Waals surface area contributed by atoms with Crippen LogP contribution < -0.4 is 10.1 Å². The molecule has 0 radical (unpaired) electrons. The number of carbonyl (C=O) groups is 2. The number of amides is 1. The van der Waals surface area contributed by atoms with Crippen molar-refractivity contribution in [3.8, 4) is 5.75 Å². The van der Waals surface area contributed by atoms with E-state index in [1.54, 1.807) is 6.07 Å². The molecule has 0 aliphatic carbocycles. The number of esters is 1. The monoisotopic (exact) mass is 331 g/mol. The van der Waals surface area contributed by atoms with Gasteiger partial charge in [-0.2, -0.15) is 0 Å². The molecule has 6 heteroatoms. The van der Waals surface area contributed by atoms with E-state index in [9.17, 15) is 9.59 Å². The first-order valence-electron chi connectivity index (χ1n) is 7.02. The number of para-hydroxylation sites is 1. The lowest BCUT2D eigenvalue weighted by molar-refractivity contribution is -0.122. The fourth-order valence-corrected chi connectivity index (χ4v) is 2.62. The second-order valence-electron chi connectivity index (χ2n) is 5.09. The third-order valence-corrected chi connectivity index (χ3v) is 3.91. The van der Waals surface area contributed by atoms with Gasteiger partial charge in [-0.05, 0) is 29.8 Å². The first kappa shape index (κ1) is 15.4. The number of carbonyl (C=O) groups excluding carboxylic acids is 2. The van der Waals surface area contributed by atoms with Crippen LogP contribution in [0.4, 0.5) is 5.69 Å². The van der Waals surface area contributed by atoms with Crippen molar-refractivity contribution in [1.82, 2.24) is 0 Å². The summed E-state index contributed by atoms with van der Waals surface area (Å²) in [5, 5.41) is 3.00. The third-order valence-electron chi connectivity index (χ3n) is 3.58. The summed E-state index contributed by atoms with van der Waals surface area (Å²) in [6.45, 7) is 0. The van der Waals surface area contributed by atoms with Crippen LogP contribution in [0.3, 0.4) is 0 Å². The van der Waals surface area contributed by atoms with Gasteiger partial charge in [0.1, 0.15) is 5.75 Å². The summed E-state index contributed by atoms with van der Waals surface area (Å²) in [4.78, 5) is 24.0. The largest absolute Gasteiger partial charge is 0.480 e. The zero-order valence-corrected chi connectivity index (χ0v) is 13.1. The van der Waals surface area contributed by atoms with Crippen LogP contribution in [-0.2, 0) is 16.0 Å². The molecule has 1 amide bonds. The number of methoxy groups -OCH3 is 1. The van der Waals surface area contributed by atoms with Crippen LogP contribution in [0.1, 0.15) is 15.9 Å². The number of benzene rings is 2. The summed E-state index contributed by atoms with van der Waals surface area (Å²) >= 11 is 5.96. The Kier molecular flexibility index (Phi) is 4.21. The molecule has 0 bridgehead atoms. The van der Waals surface area contributed by atoms with Crippen LogP contribution in [0, 0.1) is 0 Å². The van der Waals surface area contributed by atoms with Crippen LogP contribution in [-0.4, -0.2) is 25.1 Å². The Morgan fingerprint density at radius 3 is 2.78 bits per heavy atom. The Labute approximate surface area is 138 Å². The molecule has 5 nitrogen and oxygen atoms in total. The van der Waals surface area contributed by atoms with Gasteiger partial charge in [-0.3, -0.25) is 4.79 Å². The predicted octanol–water partition coefficient (Wildman–Crippen LogP) is 3.07. The van der Waals surface area contributed by atoms with E-state index in [2.05, 4.69) is 10.1 Å². The molecular formula is C17H14ClNO4. The fraction of sp³-hybridized carbons (Fsp3) is 0.176. The zero-order chi connectivity index (χ0) is 16.4. The van der Waals surface area contributed by atoms with E-state index < -0.39 is 12.1 Å². The van der Waals surface area contributed by atoms with E-state index in [1.807, 2.05) is 24.3 Å². The van der Waals surface area contributed by atoms with Gasteiger partial charge in [0.25, 0.3) is 5.91 Å². The van der Waals surface area contributed by atoms with Gasteiger partial charge in [0, 0.05) is 12.1 Å². The van der Waals surface area contributed by atoms with Crippen molar-refractivity contribution in [2.45, 2.75) is 12.5 Å². The zero-order valence-electron chi connectivity index (χ0n) is 12.3. The van der Waals surface area contributed by atoms with Crippen LogP contribution in [0.25, 0.3) is 0 Å². The first-order chi connectivity index (χ1) is 11.1. The minimum absolute atomic E-state index is 0.197. The van der Waals surface area contributed by atoms with Crippen molar-refractivity contribution < 1.29 is 19.1 Å². The molecule has 0 saturated heterocycles. The molecule has 0 fully saturated rings. The Morgan fingerprint density at radius 1 is 1.26 bits per heavy atom. The molecule has 23 heavy (non-hydrogen) atoms. The van der Waals surface area contributed by atoms with Crippen molar-refractivity contribution in [3.05, 3.63) is 58.6 Å². The Morgan fingerprint density at radius 2 is 2.04 bits per heavy atom. The minimum Gasteiger partial charge on any atom is -0.480 e. The Balaban J connectivity index is 1.73. The summed E-state index contributed by atoms with van der Waals surface area (Å²) in [7, 11) is 1.27. The highest BCUT2D eigenvalue weighted by Gasteiger charge is 2.29. The quantitative estimate of drug-likeness (QED) is 0.878. The smallest absolute Gasteiger partial charge is 0.339 e. The van der Waals surface area contributed by atoms with Crippen molar-refractivity contribution in [2.75, 3.05) is 12.4 Å². The fourth-order valence-electron chi connectivity index (χ4n) is 2.42. The number of nitrogens with one attached hydrogen (secondary N) is 1. The number of hydrogen-bond donors (Lipinski definition) is 1. The van der Waals surface area contributed by atoms with Gasteiger partial charge < -0.3 is 14.8 Å². The number of ether oxygens (including phenoxy) is 2. The number of anilines is 1. The average Bonchev–Trinajstić information content (AvgIpc) is 3.00. The standard InChI is InChI=1S/C17H14ClNO4/c1-22-17(21)12-9-11(6-7-13(12)18)19-16(20)15-8-10-4-2-3-5-14(10)23-15/h2-7,9,15H,8H2,1H3,(H,19,20). The summed E-state index contributed by atoms with van der Waals surface area (Å²) in [5.74, 6) is -0.117. The van der Waals surface area contributed by atoms with E-state index in [-0.39, 0.29) is 16.5 Å². The molecule has 1 aliphatic rings. The molecule has 2 aromatic rings. The molecule has 1 N–H and O–H groups in total. The molecule has 1 aliphatic heterocycles. The summed E-state index contributed by atoms with van der Waals surface area (Å²) in [5.41, 5.74) is 1.65. The van der Waals surface area contributed by atoms with E-state index in [0.717, 1.165) is 11.3 Å². The molecule has 0 saturated carbocycles. The summed E-state index contributed by atoms with van der Waals surface area (Å²) in [6, 6.07) is 12.2. The lowest BCUT2D eigenvalue weighted by atomic mass is 10.1. The topological polar surface area (TPSA) is 64.6 Å². The Hall–Kier alpha value is -2.53. The van der Waals surface area contributed by atoms with Gasteiger partial charge in [-0.15, -0.1) is 0 Å². The second-order valence-corrected chi connectivity index (χ2v) is 5.50. The number of halogens is 1. The molecule has 1 atom stereocenters. The van der Waals surface area contributed by atoms with E-state index in [1.165, 1.54) is 19.2 Å². The van der Waals surface area contributed by atoms with Crippen molar-refractivity contribution in [2.24, 2.45) is 0 Å². The van der Waals surface area contributed by atoms with Gasteiger partial charge in [0.05, 0.1) is 17.7 Å². The lowest BCUT2D eigenvalue weighted by Gasteiger charge is -2.12. The molecule has 1 unspecified atom stereocenters. The molecular weight excluding hydrogens is 318 g/mol. The molecule has 3 rings (SSSR count). The van der Waals surface area contributed by atoms with E-state index in [0.29, 0.717) is 12.1 Å². The van der Waals surface area contributed by atoms with E-state index in [4.69, 9.17) is 16.3 Å². The van der Waals surface area contributed by atoms with Gasteiger partial charge in [0.2, 0.25) is 0 Å². The van der Waals surface area contributed by atoms with Crippen LogP contribution in [0.15, 0.2) is 42.5 Å². The van der Waals surface area contributed by atoms with Gasteiger partial charge in [-0.1, -0.05) is 29.8 Å². The van der Waals surface area contributed by atoms with Gasteiger partial charge in [-0.25, -0.2) is 4.79 Å². The Bertz CT molecular complexity index is 750. The lowest BCUT2D eigenvalue weighted by Crippen LogP contribution is -2.31. The first-order valence-corrected chi connectivity index (χ1v) is 7.39. The summed E-state index contributed by atoms with van der Waals surface area (Å²) in [6.07, 6.45) is -0.0796. The maximum Gasteiger partial charge on any atom is 0.339 e. The number of fused-ring (bicyclic) bond motifs is 1. The normalized spacial score (nSPS) is 15.5. The van der Waals surface area contributed by atoms with Crippen LogP contribution in [0.2, 0.25) is 5.02 Å². The van der Waals surface area contributed by atoms with Gasteiger partial charge in [0.15, 0.2) is 6.10 Å². The molecule has 2 aromatic carbocycles. The molecule has 0 aromatic heterocycles. The minimum atomic E-state index is -0.593. The van der Waals surface area contributed by atoms with E-state index >= 15 is 0 Å². The SMILES string of the molecule is COC(=O)c1cc(NC(=O)C2Cc3ccccc3O2)ccc1Cl. The van der Waals surface area contributed by atoms with Crippen LogP contribution in [0.5, 0.6) is 5.75 Å². The molecule has 118 valence electrons. The third kappa shape index (κ3) is 3.14. The highest BCUT2D eigenvalue weighted by atomic mass is 35.5. The number of rotatable bonds is 3. The number of hydrogen-bond acceptors (Lipinski definition) is 4. The van der Waals surface area contributed by atoms with Crippen molar-refractivity contribution >= 4 is 29.2 Å². The second kappa shape index (κ2) is 6.30. The highest BCUT2D eigenvalue weighted by molar-refractivity contribution is 6.33. The average molecular weight is 332 g/mol. The highest BCUT2D eigenvalue weighted by Crippen LogP contribution is 2.29. The summed E-state index contributed by atoms with van der Waals surface area (Å²) < 4.78 is 10.3. The molecule has 0 spiro atoms. The van der Waals surface area contributed by atoms with Crippen molar-refractivity contribution in [1.29, 1.82) is 0 Å². The van der Waals surface area contributed by atoms with Gasteiger partial charge >= 0.3 is 5.97 Å². The maximum atomic E-state index is 12.3. The molecule has 1 heterocycles. The van der Waals surface area contributed by atoms with Crippen molar-refractivity contribution in [3.63, 3.8) is 0 Å². The maximum absolute atomic E-state index is 12.3.